The fourth-order valence-electron chi connectivity index (χ4n) is 2.46. The van der Waals surface area contributed by atoms with Crippen LogP contribution >= 0.6 is 12.2 Å². The summed E-state index contributed by atoms with van der Waals surface area (Å²) in [6, 6.07) is 8.61. The molecule has 0 bridgehead atoms. The van der Waals surface area contributed by atoms with Gasteiger partial charge in [-0.2, -0.15) is 10.2 Å². The van der Waals surface area contributed by atoms with Crippen LogP contribution in [0, 0.1) is 5.82 Å². The van der Waals surface area contributed by atoms with Gasteiger partial charge in [-0.25, -0.2) is 4.39 Å². The molecule has 0 saturated heterocycles. The minimum Gasteiger partial charge on any atom is -0.357 e. The Morgan fingerprint density at radius 3 is 2.88 bits per heavy atom. The minimum atomic E-state index is -0.239. The van der Waals surface area contributed by atoms with Crippen LogP contribution in [-0.2, 0) is 19.6 Å². The molecule has 130 valence electrons. The average Bonchev–Trinajstić information content (AvgIpc) is 3.24. The number of nitrogens with one attached hydrogen (secondary N) is 2. The molecule has 0 aliphatic carbocycles. The lowest BCUT2D eigenvalue weighted by Gasteiger charge is -2.10. The summed E-state index contributed by atoms with van der Waals surface area (Å²) in [6.45, 7) is 3.80. The van der Waals surface area contributed by atoms with Crippen molar-refractivity contribution in [2.45, 2.75) is 26.6 Å². The molecular formula is C17H19FN6S. The van der Waals surface area contributed by atoms with E-state index in [1.165, 1.54) is 6.07 Å². The van der Waals surface area contributed by atoms with Crippen LogP contribution in [0.3, 0.4) is 0 Å². The Morgan fingerprint density at radius 1 is 1.24 bits per heavy atom. The van der Waals surface area contributed by atoms with Gasteiger partial charge in [-0.3, -0.25) is 9.36 Å². The van der Waals surface area contributed by atoms with Crippen LogP contribution < -0.4 is 10.6 Å². The topological polar surface area (TPSA) is 59.7 Å². The molecule has 2 N–H and O–H groups in total. The summed E-state index contributed by atoms with van der Waals surface area (Å²) in [4.78, 5) is 0. The molecule has 0 amide bonds. The van der Waals surface area contributed by atoms with Gasteiger partial charge in [-0.15, -0.1) is 0 Å². The van der Waals surface area contributed by atoms with E-state index in [2.05, 4.69) is 20.8 Å². The van der Waals surface area contributed by atoms with Gasteiger partial charge in [-0.1, -0.05) is 18.2 Å². The first kappa shape index (κ1) is 17.1. The lowest BCUT2D eigenvalue weighted by molar-refractivity contribution is 0.585. The lowest BCUT2D eigenvalue weighted by Crippen LogP contribution is -2.28. The van der Waals surface area contributed by atoms with Gasteiger partial charge in [-0.05, 0) is 31.3 Å². The Bertz CT molecular complexity index is 856. The van der Waals surface area contributed by atoms with E-state index < -0.39 is 0 Å². The van der Waals surface area contributed by atoms with Gasteiger partial charge >= 0.3 is 0 Å². The highest BCUT2D eigenvalue weighted by molar-refractivity contribution is 7.80. The molecule has 0 unspecified atom stereocenters. The first-order valence-electron chi connectivity index (χ1n) is 7.97. The minimum absolute atomic E-state index is 0.239. The molecule has 3 rings (SSSR count). The van der Waals surface area contributed by atoms with Gasteiger partial charge in [0.1, 0.15) is 5.82 Å². The van der Waals surface area contributed by atoms with Crippen LogP contribution in [0.1, 0.15) is 18.2 Å². The Morgan fingerprint density at radius 2 is 2.08 bits per heavy atom. The van der Waals surface area contributed by atoms with Crippen LogP contribution in [0.4, 0.5) is 10.1 Å². The SMILES string of the molecule is CCn1nccc1CNC(=S)Nc1cnn(Cc2ccccc2F)c1. The van der Waals surface area contributed by atoms with Crippen molar-refractivity contribution in [1.29, 1.82) is 0 Å². The highest BCUT2D eigenvalue weighted by Gasteiger charge is 2.06. The van der Waals surface area contributed by atoms with Crippen molar-refractivity contribution in [2.75, 3.05) is 5.32 Å². The molecule has 0 spiro atoms. The van der Waals surface area contributed by atoms with Crippen molar-refractivity contribution in [1.82, 2.24) is 24.9 Å². The zero-order valence-electron chi connectivity index (χ0n) is 13.8. The summed E-state index contributed by atoms with van der Waals surface area (Å²) in [6.07, 6.45) is 5.21. The standard InChI is InChI=1S/C17H19FN6S/c1-2-24-15(7-8-20-24)10-19-17(25)22-14-9-21-23(12-14)11-13-5-3-4-6-16(13)18/h3-9,12H,2,10-11H2,1H3,(H2,19,22,25). The van der Waals surface area contributed by atoms with Crippen molar-refractivity contribution in [3.63, 3.8) is 0 Å². The van der Waals surface area contributed by atoms with Crippen LogP contribution in [-0.4, -0.2) is 24.7 Å². The number of thiocarbonyl (C=S) groups is 1. The van der Waals surface area contributed by atoms with Gasteiger partial charge in [0.25, 0.3) is 0 Å². The molecule has 0 saturated carbocycles. The van der Waals surface area contributed by atoms with Crippen LogP contribution in [0.5, 0.6) is 0 Å². The van der Waals surface area contributed by atoms with E-state index >= 15 is 0 Å². The second-order valence-electron chi connectivity index (χ2n) is 5.46. The van der Waals surface area contributed by atoms with Crippen molar-refractivity contribution >= 4 is 23.0 Å². The van der Waals surface area contributed by atoms with Gasteiger partial charge < -0.3 is 10.6 Å². The number of nitrogens with zero attached hydrogens (tertiary/aromatic N) is 4. The number of aryl methyl sites for hydroxylation is 1. The van der Waals surface area contributed by atoms with Crippen LogP contribution in [0.2, 0.25) is 0 Å². The van der Waals surface area contributed by atoms with Crippen molar-refractivity contribution in [3.8, 4) is 0 Å². The Balaban J connectivity index is 1.54. The molecule has 6 nitrogen and oxygen atoms in total. The summed E-state index contributed by atoms with van der Waals surface area (Å²) in [5.41, 5.74) is 2.39. The maximum absolute atomic E-state index is 13.7. The number of halogens is 1. The summed E-state index contributed by atoms with van der Waals surface area (Å²) in [5, 5.41) is 15.2. The van der Waals surface area contributed by atoms with Crippen molar-refractivity contribution in [2.24, 2.45) is 0 Å². The lowest BCUT2D eigenvalue weighted by atomic mass is 10.2. The highest BCUT2D eigenvalue weighted by atomic mass is 32.1. The quantitative estimate of drug-likeness (QED) is 0.664. The molecule has 8 heteroatoms. The first-order valence-corrected chi connectivity index (χ1v) is 8.38. The van der Waals surface area contributed by atoms with E-state index in [0.29, 0.717) is 23.8 Å². The smallest absolute Gasteiger partial charge is 0.171 e. The predicted octanol–water partition coefficient (Wildman–Crippen LogP) is 2.77. The van der Waals surface area contributed by atoms with Crippen molar-refractivity contribution in [3.05, 3.63) is 66.0 Å². The summed E-state index contributed by atoms with van der Waals surface area (Å²) in [7, 11) is 0. The average molecular weight is 358 g/mol. The number of hydrogen-bond donors (Lipinski definition) is 2. The third-order valence-corrected chi connectivity index (χ3v) is 3.96. The molecule has 1 aromatic carbocycles. The van der Waals surface area contributed by atoms with Crippen LogP contribution in [0.25, 0.3) is 0 Å². The largest absolute Gasteiger partial charge is 0.357 e. The van der Waals surface area contributed by atoms with Gasteiger partial charge in [0.2, 0.25) is 0 Å². The Kier molecular flexibility index (Phi) is 5.39. The Hall–Kier alpha value is -2.74. The molecule has 25 heavy (non-hydrogen) atoms. The molecule has 0 aliphatic rings. The fraction of sp³-hybridized carbons (Fsp3) is 0.235. The van der Waals surface area contributed by atoms with E-state index in [9.17, 15) is 4.39 Å². The molecule has 0 radical (unpaired) electrons. The molecule has 2 heterocycles. The third kappa shape index (κ3) is 4.42. The van der Waals surface area contributed by atoms with E-state index in [0.717, 1.165) is 17.9 Å². The van der Waals surface area contributed by atoms with Crippen molar-refractivity contribution < 1.29 is 4.39 Å². The summed E-state index contributed by atoms with van der Waals surface area (Å²) in [5.74, 6) is -0.239. The third-order valence-electron chi connectivity index (χ3n) is 3.72. The number of aromatic nitrogens is 4. The number of anilines is 1. The maximum atomic E-state index is 13.7. The van der Waals surface area contributed by atoms with Crippen LogP contribution in [0.15, 0.2) is 48.9 Å². The van der Waals surface area contributed by atoms with E-state index in [-0.39, 0.29) is 5.82 Å². The molecule has 0 atom stereocenters. The fourth-order valence-corrected chi connectivity index (χ4v) is 2.65. The summed E-state index contributed by atoms with van der Waals surface area (Å²) < 4.78 is 17.3. The predicted molar refractivity (Wildman–Crippen MR) is 98.7 cm³/mol. The zero-order chi connectivity index (χ0) is 17.6. The summed E-state index contributed by atoms with van der Waals surface area (Å²) >= 11 is 5.30. The second-order valence-corrected chi connectivity index (χ2v) is 5.87. The number of benzene rings is 1. The van der Waals surface area contributed by atoms with E-state index in [1.54, 1.807) is 41.5 Å². The Labute approximate surface area is 150 Å². The first-order chi connectivity index (χ1) is 12.2. The zero-order valence-corrected chi connectivity index (χ0v) is 14.6. The van der Waals surface area contributed by atoms with E-state index in [4.69, 9.17) is 12.2 Å². The highest BCUT2D eigenvalue weighted by Crippen LogP contribution is 2.11. The maximum Gasteiger partial charge on any atom is 0.171 e. The second kappa shape index (κ2) is 7.89. The van der Waals surface area contributed by atoms with Gasteiger partial charge in [0.15, 0.2) is 5.11 Å². The number of hydrogen-bond acceptors (Lipinski definition) is 3. The number of rotatable bonds is 6. The molecular weight excluding hydrogens is 339 g/mol. The molecule has 3 aromatic rings. The molecule has 0 aliphatic heterocycles. The molecule has 2 aromatic heterocycles. The van der Waals surface area contributed by atoms with Gasteiger partial charge in [0, 0.05) is 24.5 Å². The van der Waals surface area contributed by atoms with Gasteiger partial charge in [0.05, 0.1) is 30.7 Å². The molecule has 0 fully saturated rings. The normalized spacial score (nSPS) is 10.6. The van der Waals surface area contributed by atoms with E-state index in [1.807, 2.05) is 17.7 Å². The monoisotopic (exact) mass is 358 g/mol.